The Kier molecular flexibility index (Phi) is 6.33. The van der Waals surface area contributed by atoms with Crippen molar-refractivity contribution in [3.05, 3.63) is 64.5 Å². The van der Waals surface area contributed by atoms with Crippen LogP contribution < -0.4 is 5.32 Å². The number of benzene rings is 2. The minimum Gasteiger partial charge on any atom is -0.377 e. The summed E-state index contributed by atoms with van der Waals surface area (Å²) in [6.45, 7) is 5.01. The molecule has 2 heterocycles. The van der Waals surface area contributed by atoms with Gasteiger partial charge < -0.3 is 4.74 Å². The number of nitrogens with zero attached hydrogens (tertiary/aromatic N) is 1. The van der Waals surface area contributed by atoms with Gasteiger partial charge in [0.1, 0.15) is 0 Å². The number of thiazole rings is 1. The number of ether oxygens (including phenoxy) is 1. The Balaban J connectivity index is 1.46. The van der Waals surface area contributed by atoms with Crippen LogP contribution in [-0.4, -0.2) is 29.4 Å². The molecule has 2 aromatic carbocycles. The van der Waals surface area contributed by atoms with Gasteiger partial charge in [0.05, 0.1) is 17.4 Å². The number of hydrogen-bond donors (Lipinski definition) is 1. The summed E-state index contributed by atoms with van der Waals surface area (Å²) in [4.78, 5) is 18.5. The van der Waals surface area contributed by atoms with Crippen molar-refractivity contribution < 1.29 is 9.53 Å². The van der Waals surface area contributed by atoms with Crippen LogP contribution in [0.15, 0.2) is 52.7 Å². The fourth-order valence-electron chi connectivity index (χ4n) is 3.46. The molecule has 3 aromatic rings. The number of carbonyl (C=O) groups excluding carboxylic acids is 1. The first-order valence-electron chi connectivity index (χ1n) is 9.78. The molecule has 0 bridgehead atoms. The van der Waals surface area contributed by atoms with Crippen molar-refractivity contribution in [3.8, 4) is 11.3 Å². The lowest BCUT2D eigenvalue weighted by atomic mass is 10.0. The van der Waals surface area contributed by atoms with Crippen molar-refractivity contribution >= 4 is 34.1 Å². The van der Waals surface area contributed by atoms with E-state index in [0.717, 1.165) is 41.4 Å². The quantitative estimate of drug-likeness (QED) is 0.497. The number of hydrogen-bond acceptors (Lipinski definition) is 5. The lowest BCUT2D eigenvalue weighted by molar-refractivity contribution is 0.102. The van der Waals surface area contributed by atoms with Crippen LogP contribution in [0, 0.1) is 13.8 Å². The van der Waals surface area contributed by atoms with Gasteiger partial charge in [0.15, 0.2) is 5.13 Å². The molecule has 0 spiro atoms. The second-order valence-corrected chi connectivity index (χ2v) is 9.17. The third-order valence-corrected chi connectivity index (χ3v) is 6.93. The van der Waals surface area contributed by atoms with Crippen molar-refractivity contribution in [2.45, 2.75) is 37.7 Å². The maximum absolute atomic E-state index is 12.9. The molecule has 1 N–H and O–H groups in total. The van der Waals surface area contributed by atoms with Crippen LogP contribution in [0.3, 0.4) is 0 Å². The summed E-state index contributed by atoms with van der Waals surface area (Å²) in [5.74, 6) is 0.750. The summed E-state index contributed by atoms with van der Waals surface area (Å²) in [6.07, 6.45) is 2.51. The average molecular weight is 425 g/mol. The first-order valence-corrected chi connectivity index (χ1v) is 11.6. The third kappa shape index (κ3) is 4.89. The van der Waals surface area contributed by atoms with Crippen molar-refractivity contribution in [2.75, 3.05) is 17.7 Å². The Morgan fingerprint density at radius 2 is 2.14 bits per heavy atom. The van der Waals surface area contributed by atoms with Gasteiger partial charge in [0, 0.05) is 28.2 Å². The number of carbonyl (C=O) groups is 1. The fourth-order valence-corrected chi connectivity index (χ4v) is 5.28. The first kappa shape index (κ1) is 20.1. The summed E-state index contributed by atoms with van der Waals surface area (Å²) in [5, 5.41) is 5.58. The van der Waals surface area contributed by atoms with Gasteiger partial charge in [-0.2, -0.15) is 0 Å². The smallest absolute Gasteiger partial charge is 0.258 e. The van der Waals surface area contributed by atoms with Gasteiger partial charge in [-0.1, -0.05) is 35.9 Å². The summed E-state index contributed by atoms with van der Waals surface area (Å²) in [7, 11) is 0. The van der Waals surface area contributed by atoms with E-state index in [-0.39, 0.29) is 12.0 Å². The SMILES string of the molecule is Cc1ccc(-c2csc(NC(=O)c3ccccc3SCC3CCCO3)n2)c(C)c1. The van der Waals surface area contributed by atoms with Gasteiger partial charge in [-0.05, 0) is 44.4 Å². The maximum Gasteiger partial charge on any atom is 0.258 e. The predicted octanol–water partition coefficient (Wildman–Crippen LogP) is 5.95. The van der Waals surface area contributed by atoms with Gasteiger partial charge in [-0.25, -0.2) is 4.98 Å². The topological polar surface area (TPSA) is 51.2 Å². The van der Waals surface area contributed by atoms with Crippen LogP contribution in [0.25, 0.3) is 11.3 Å². The molecule has 4 nitrogen and oxygen atoms in total. The van der Waals surface area contributed by atoms with Crippen molar-refractivity contribution in [1.29, 1.82) is 0 Å². The number of aromatic nitrogens is 1. The average Bonchev–Trinajstić information content (AvgIpc) is 3.39. The molecule has 1 aliphatic heterocycles. The molecule has 1 fully saturated rings. The monoisotopic (exact) mass is 424 g/mol. The zero-order valence-corrected chi connectivity index (χ0v) is 18.2. The highest BCUT2D eigenvalue weighted by Crippen LogP contribution is 2.30. The molecule has 150 valence electrons. The number of thioether (sulfide) groups is 1. The lowest BCUT2D eigenvalue weighted by Crippen LogP contribution is -2.14. The second kappa shape index (κ2) is 9.11. The molecule has 1 atom stereocenters. The summed E-state index contributed by atoms with van der Waals surface area (Å²) < 4.78 is 5.70. The van der Waals surface area contributed by atoms with Crippen LogP contribution in [0.4, 0.5) is 5.13 Å². The highest BCUT2D eigenvalue weighted by atomic mass is 32.2. The van der Waals surface area contributed by atoms with E-state index in [9.17, 15) is 4.79 Å². The molecular weight excluding hydrogens is 400 g/mol. The lowest BCUT2D eigenvalue weighted by Gasteiger charge is -2.11. The Labute approximate surface area is 179 Å². The Morgan fingerprint density at radius 3 is 2.93 bits per heavy atom. The molecule has 0 aliphatic carbocycles. The van der Waals surface area contributed by atoms with E-state index in [1.54, 1.807) is 11.8 Å². The van der Waals surface area contributed by atoms with Crippen molar-refractivity contribution in [3.63, 3.8) is 0 Å². The minimum atomic E-state index is -0.123. The highest BCUT2D eigenvalue weighted by molar-refractivity contribution is 7.99. The van der Waals surface area contributed by atoms with Gasteiger partial charge in [-0.3, -0.25) is 10.1 Å². The van der Waals surface area contributed by atoms with Gasteiger partial charge >= 0.3 is 0 Å². The molecule has 29 heavy (non-hydrogen) atoms. The molecule has 1 aliphatic rings. The van der Waals surface area contributed by atoms with Gasteiger partial charge in [0.2, 0.25) is 0 Å². The standard InChI is InChI=1S/C23H24N2O2S2/c1-15-9-10-18(16(2)12-15)20-14-29-23(24-20)25-22(26)19-7-3-4-8-21(19)28-13-17-6-5-11-27-17/h3-4,7-10,12,14,17H,5-6,11,13H2,1-2H3,(H,24,25,26). The van der Waals surface area contributed by atoms with Crippen LogP contribution in [0.1, 0.15) is 34.3 Å². The summed E-state index contributed by atoms with van der Waals surface area (Å²) >= 11 is 3.14. The van der Waals surface area contributed by atoms with Crippen LogP contribution >= 0.6 is 23.1 Å². The highest BCUT2D eigenvalue weighted by Gasteiger charge is 2.18. The van der Waals surface area contributed by atoms with E-state index in [2.05, 4.69) is 42.3 Å². The third-order valence-electron chi connectivity index (χ3n) is 4.96. The summed E-state index contributed by atoms with van der Waals surface area (Å²) in [6, 6.07) is 14.0. The molecule has 1 unspecified atom stereocenters. The number of anilines is 1. The molecule has 4 rings (SSSR count). The first-order chi connectivity index (χ1) is 14.1. The zero-order valence-electron chi connectivity index (χ0n) is 16.6. The second-order valence-electron chi connectivity index (χ2n) is 7.25. The number of rotatable bonds is 6. The van der Waals surface area contributed by atoms with E-state index >= 15 is 0 Å². The Bertz CT molecular complexity index is 1010. The summed E-state index contributed by atoms with van der Waals surface area (Å²) in [5.41, 5.74) is 5.08. The number of aryl methyl sites for hydroxylation is 2. The molecule has 0 radical (unpaired) electrons. The molecule has 6 heteroatoms. The van der Waals surface area contributed by atoms with E-state index in [0.29, 0.717) is 10.7 Å². The molecule has 1 aromatic heterocycles. The van der Waals surface area contributed by atoms with Crippen molar-refractivity contribution in [1.82, 2.24) is 4.98 Å². The normalized spacial score (nSPS) is 16.1. The number of nitrogens with one attached hydrogen (secondary N) is 1. The van der Waals surface area contributed by atoms with E-state index in [1.165, 1.54) is 22.5 Å². The fraction of sp³-hybridized carbons (Fsp3) is 0.304. The minimum absolute atomic E-state index is 0.123. The van der Waals surface area contributed by atoms with Gasteiger partial charge in [0.25, 0.3) is 5.91 Å². The predicted molar refractivity (Wildman–Crippen MR) is 121 cm³/mol. The largest absolute Gasteiger partial charge is 0.377 e. The van der Waals surface area contributed by atoms with Crippen LogP contribution in [0.5, 0.6) is 0 Å². The Hall–Kier alpha value is -2.15. The number of amides is 1. The van der Waals surface area contributed by atoms with Gasteiger partial charge in [-0.15, -0.1) is 23.1 Å². The molecule has 1 saturated heterocycles. The molecule has 0 saturated carbocycles. The molecule has 1 amide bonds. The van der Waals surface area contributed by atoms with Crippen LogP contribution in [0.2, 0.25) is 0 Å². The van der Waals surface area contributed by atoms with E-state index in [1.807, 2.05) is 29.6 Å². The molecular formula is C23H24N2O2S2. The van der Waals surface area contributed by atoms with Crippen molar-refractivity contribution in [2.24, 2.45) is 0 Å². The van der Waals surface area contributed by atoms with E-state index in [4.69, 9.17) is 4.74 Å². The van der Waals surface area contributed by atoms with E-state index < -0.39 is 0 Å². The van der Waals surface area contributed by atoms with Crippen LogP contribution in [-0.2, 0) is 4.74 Å². The zero-order chi connectivity index (χ0) is 20.2. The maximum atomic E-state index is 12.9. The Morgan fingerprint density at radius 1 is 1.28 bits per heavy atom.